The van der Waals surface area contributed by atoms with E-state index in [9.17, 15) is 4.79 Å². The predicted octanol–water partition coefficient (Wildman–Crippen LogP) is 4.59. The van der Waals surface area contributed by atoms with E-state index in [2.05, 4.69) is 24.0 Å². The molecule has 3 aromatic rings. The third-order valence-corrected chi connectivity index (χ3v) is 5.62. The predicted molar refractivity (Wildman–Crippen MR) is 109 cm³/mol. The molecule has 27 heavy (non-hydrogen) atoms. The number of nitrogens with zero attached hydrogens (tertiary/aromatic N) is 3. The monoisotopic (exact) mass is 403 g/mol. The van der Waals surface area contributed by atoms with Crippen LogP contribution in [0.4, 0.5) is 5.13 Å². The van der Waals surface area contributed by atoms with Gasteiger partial charge >= 0.3 is 0 Å². The second-order valence-corrected chi connectivity index (χ2v) is 8.18. The average molecular weight is 404 g/mol. The number of anilines is 1. The van der Waals surface area contributed by atoms with Crippen molar-refractivity contribution in [2.45, 2.75) is 13.8 Å². The van der Waals surface area contributed by atoms with Crippen molar-refractivity contribution in [3.05, 3.63) is 40.6 Å². The van der Waals surface area contributed by atoms with E-state index in [1.807, 2.05) is 29.6 Å². The highest BCUT2D eigenvalue weighted by molar-refractivity contribution is 7.18. The van der Waals surface area contributed by atoms with Crippen LogP contribution in [0.25, 0.3) is 10.6 Å². The second kappa shape index (κ2) is 8.49. The molecule has 0 saturated carbocycles. The molecule has 0 saturated heterocycles. The first-order valence-corrected chi connectivity index (χ1v) is 10.1. The fourth-order valence-electron chi connectivity index (χ4n) is 2.52. The summed E-state index contributed by atoms with van der Waals surface area (Å²) < 4.78 is 10.7. The number of rotatable bonds is 7. The molecule has 0 aliphatic rings. The van der Waals surface area contributed by atoms with Gasteiger partial charge < -0.3 is 9.47 Å². The average Bonchev–Trinajstić information content (AvgIpc) is 3.36. The fourth-order valence-corrected chi connectivity index (χ4v) is 4.03. The number of hydrogen-bond acceptors (Lipinski definition) is 7. The molecule has 0 unspecified atom stereocenters. The molecule has 142 valence electrons. The van der Waals surface area contributed by atoms with Crippen molar-refractivity contribution in [1.82, 2.24) is 10.2 Å². The molecule has 0 bridgehead atoms. The van der Waals surface area contributed by atoms with Crippen LogP contribution in [0, 0.1) is 5.92 Å². The van der Waals surface area contributed by atoms with Gasteiger partial charge in [0.15, 0.2) is 0 Å². The SMILES string of the molecule is COc1cc(OC)cc(-c2nnc(N(CC(C)C)C(=O)c3cccs3)s2)c1. The Balaban J connectivity index is 1.95. The summed E-state index contributed by atoms with van der Waals surface area (Å²) in [6, 6.07) is 9.26. The van der Waals surface area contributed by atoms with Gasteiger partial charge in [-0.25, -0.2) is 0 Å². The largest absolute Gasteiger partial charge is 0.497 e. The molecule has 0 spiro atoms. The zero-order valence-corrected chi connectivity index (χ0v) is 17.3. The maximum absolute atomic E-state index is 12.9. The van der Waals surface area contributed by atoms with E-state index in [-0.39, 0.29) is 5.91 Å². The Morgan fingerprint density at radius 1 is 1.15 bits per heavy atom. The van der Waals surface area contributed by atoms with Gasteiger partial charge in [-0.15, -0.1) is 21.5 Å². The lowest BCUT2D eigenvalue weighted by Gasteiger charge is -2.20. The van der Waals surface area contributed by atoms with Crippen molar-refractivity contribution >= 4 is 33.7 Å². The third kappa shape index (κ3) is 4.45. The van der Waals surface area contributed by atoms with Crippen LogP contribution in [-0.4, -0.2) is 36.9 Å². The topological polar surface area (TPSA) is 64.6 Å². The number of carbonyl (C=O) groups excluding carboxylic acids is 1. The smallest absolute Gasteiger partial charge is 0.270 e. The Labute approximate surface area is 166 Å². The molecule has 2 aromatic heterocycles. The van der Waals surface area contributed by atoms with E-state index in [1.54, 1.807) is 25.2 Å². The first-order valence-electron chi connectivity index (χ1n) is 8.44. The molecule has 8 heteroatoms. The van der Waals surface area contributed by atoms with E-state index < -0.39 is 0 Å². The summed E-state index contributed by atoms with van der Waals surface area (Å²) in [6.45, 7) is 4.72. The van der Waals surface area contributed by atoms with E-state index in [0.29, 0.717) is 39.0 Å². The van der Waals surface area contributed by atoms with Crippen LogP contribution < -0.4 is 14.4 Å². The molecule has 6 nitrogen and oxygen atoms in total. The zero-order valence-electron chi connectivity index (χ0n) is 15.6. The molecule has 0 aliphatic carbocycles. The highest BCUT2D eigenvalue weighted by atomic mass is 32.1. The quantitative estimate of drug-likeness (QED) is 0.577. The van der Waals surface area contributed by atoms with E-state index in [1.165, 1.54) is 22.7 Å². The van der Waals surface area contributed by atoms with Crippen LogP contribution in [0.5, 0.6) is 11.5 Å². The number of aromatic nitrogens is 2. The van der Waals surface area contributed by atoms with Gasteiger partial charge in [-0.3, -0.25) is 9.69 Å². The van der Waals surface area contributed by atoms with Crippen LogP contribution >= 0.6 is 22.7 Å². The minimum atomic E-state index is -0.0513. The fraction of sp³-hybridized carbons (Fsp3) is 0.316. The van der Waals surface area contributed by atoms with Gasteiger partial charge in [0.1, 0.15) is 16.5 Å². The summed E-state index contributed by atoms with van der Waals surface area (Å²) in [4.78, 5) is 15.3. The van der Waals surface area contributed by atoms with E-state index in [4.69, 9.17) is 9.47 Å². The highest BCUT2D eigenvalue weighted by Crippen LogP contribution is 2.34. The maximum atomic E-state index is 12.9. The first kappa shape index (κ1) is 19.3. The second-order valence-electron chi connectivity index (χ2n) is 6.28. The van der Waals surface area contributed by atoms with E-state index >= 15 is 0 Å². The van der Waals surface area contributed by atoms with Crippen LogP contribution in [0.2, 0.25) is 0 Å². The molecule has 2 heterocycles. The van der Waals surface area contributed by atoms with Crippen molar-refractivity contribution in [3.63, 3.8) is 0 Å². The molecular weight excluding hydrogens is 382 g/mol. The van der Waals surface area contributed by atoms with Gasteiger partial charge in [0.25, 0.3) is 5.91 Å². The molecule has 0 fully saturated rings. The van der Waals surface area contributed by atoms with Crippen LogP contribution in [0.1, 0.15) is 23.5 Å². The Kier molecular flexibility index (Phi) is 6.08. The van der Waals surface area contributed by atoms with Crippen molar-refractivity contribution in [3.8, 4) is 22.1 Å². The van der Waals surface area contributed by atoms with Gasteiger partial charge in [-0.1, -0.05) is 31.3 Å². The van der Waals surface area contributed by atoms with Gasteiger partial charge in [0, 0.05) is 18.2 Å². The summed E-state index contributed by atoms with van der Waals surface area (Å²) >= 11 is 2.80. The lowest BCUT2D eigenvalue weighted by atomic mass is 10.2. The van der Waals surface area contributed by atoms with Gasteiger partial charge in [0.05, 0.1) is 19.1 Å². The molecule has 0 aliphatic heterocycles. The summed E-state index contributed by atoms with van der Waals surface area (Å²) in [5.74, 6) is 1.60. The Bertz CT molecular complexity index is 885. The van der Waals surface area contributed by atoms with Gasteiger partial charge in [-0.2, -0.15) is 0 Å². The lowest BCUT2D eigenvalue weighted by Crippen LogP contribution is -2.33. The number of amides is 1. The minimum Gasteiger partial charge on any atom is -0.497 e. The standard InChI is InChI=1S/C19H21N3O3S2/c1-12(2)11-22(18(23)16-6-5-7-26-16)19-21-20-17(27-19)13-8-14(24-3)10-15(9-13)25-4/h5-10,12H,11H2,1-4H3. The Morgan fingerprint density at radius 3 is 2.41 bits per heavy atom. The highest BCUT2D eigenvalue weighted by Gasteiger charge is 2.23. The van der Waals surface area contributed by atoms with Crippen LogP contribution in [0.15, 0.2) is 35.7 Å². The molecule has 0 N–H and O–H groups in total. The van der Waals surface area contributed by atoms with Crippen molar-refractivity contribution < 1.29 is 14.3 Å². The van der Waals surface area contributed by atoms with Gasteiger partial charge in [-0.05, 0) is 29.5 Å². The summed E-state index contributed by atoms with van der Waals surface area (Å²) in [5, 5.41) is 11.8. The normalized spacial score (nSPS) is 10.9. The molecule has 3 rings (SSSR count). The molecular formula is C19H21N3O3S2. The number of hydrogen-bond donors (Lipinski definition) is 0. The Hall–Kier alpha value is -2.45. The Morgan fingerprint density at radius 2 is 1.85 bits per heavy atom. The van der Waals surface area contributed by atoms with Crippen LogP contribution in [-0.2, 0) is 0 Å². The summed E-state index contributed by atoms with van der Waals surface area (Å²) in [5.41, 5.74) is 0.836. The number of thiophene rings is 1. The number of methoxy groups -OCH3 is 2. The van der Waals surface area contributed by atoms with E-state index in [0.717, 1.165) is 5.56 Å². The number of carbonyl (C=O) groups is 1. The van der Waals surface area contributed by atoms with Gasteiger partial charge in [0.2, 0.25) is 5.13 Å². The van der Waals surface area contributed by atoms with Crippen LogP contribution in [0.3, 0.4) is 0 Å². The molecule has 1 amide bonds. The van der Waals surface area contributed by atoms with Crippen molar-refractivity contribution in [1.29, 1.82) is 0 Å². The number of benzene rings is 1. The summed E-state index contributed by atoms with van der Waals surface area (Å²) in [7, 11) is 3.21. The van der Waals surface area contributed by atoms with Crippen molar-refractivity contribution in [2.24, 2.45) is 5.92 Å². The third-order valence-electron chi connectivity index (χ3n) is 3.77. The number of ether oxygens (including phenoxy) is 2. The first-order chi connectivity index (χ1) is 13.0. The molecule has 0 radical (unpaired) electrons. The lowest BCUT2D eigenvalue weighted by molar-refractivity contribution is 0.0987. The van der Waals surface area contributed by atoms with Crippen molar-refractivity contribution in [2.75, 3.05) is 25.7 Å². The zero-order chi connectivity index (χ0) is 19.4. The maximum Gasteiger partial charge on any atom is 0.270 e. The summed E-state index contributed by atoms with van der Waals surface area (Å²) in [6.07, 6.45) is 0. The minimum absolute atomic E-state index is 0.0513. The molecule has 0 atom stereocenters. The molecule has 1 aromatic carbocycles.